The van der Waals surface area contributed by atoms with Crippen molar-refractivity contribution >= 4 is 17.5 Å². The first kappa shape index (κ1) is 16.0. The lowest BCUT2D eigenvalue weighted by Gasteiger charge is -2.09. The van der Waals surface area contributed by atoms with Crippen LogP contribution in [0.1, 0.15) is 10.5 Å². The number of nitrogens with zero attached hydrogens (tertiary/aromatic N) is 2. The molecule has 1 aromatic carbocycles. The summed E-state index contributed by atoms with van der Waals surface area (Å²) in [5.41, 5.74) is 1.52. The van der Waals surface area contributed by atoms with Crippen molar-refractivity contribution in [2.24, 2.45) is 5.84 Å². The molecule has 0 saturated carbocycles. The van der Waals surface area contributed by atoms with Crippen LogP contribution in [0, 0.1) is 23.3 Å². The summed E-state index contributed by atoms with van der Waals surface area (Å²) < 4.78 is 58.3. The van der Waals surface area contributed by atoms with Crippen LogP contribution in [0.5, 0.6) is 5.75 Å². The van der Waals surface area contributed by atoms with Crippen molar-refractivity contribution in [3.05, 3.63) is 46.2 Å². The van der Waals surface area contributed by atoms with Crippen LogP contribution >= 0.6 is 11.6 Å². The fourth-order valence-electron chi connectivity index (χ4n) is 1.49. The molecule has 118 valence electrons. The zero-order chi connectivity index (χ0) is 16.4. The van der Waals surface area contributed by atoms with Crippen LogP contribution in [0.25, 0.3) is 0 Å². The SMILES string of the molecule is NNC(=O)c1nn(COc2c(F)c(F)cc(F)c2F)cc1Cl. The summed E-state index contributed by atoms with van der Waals surface area (Å²) in [6, 6.07) is 0.0476. The number of rotatable bonds is 4. The van der Waals surface area contributed by atoms with E-state index in [2.05, 4.69) is 9.84 Å². The van der Waals surface area contributed by atoms with E-state index in [0.29, 0.717) is 0 Å². The number of hydrogen-bond donors (Lipinski definition) is 2. The molecule has 1 amide bonds. The molecule has 0 unspecified atom stereocenters. The molecule has 0 aliphatic carbocycles. The predicted octanol–water partition coefficient (Wildman–Crippen LogP) is 1.73. The van der Waals surface area contributed by atoms with Crippen molar-refractivity contribution in [2.75, 3.05) is 0 Å². The second-order valence-electron chi connectivity index (χ2n) is 3.91. The maximum absolute atomic E-state index is 13.4. The summed E-state index contributed by atoms with van der Waals surface area (Å²) in [5.74, 6) is -3.79. The largest absolute Gasteiger partial charge is 0.465 e. The summed E-state index contributed by atoms with van der Waals surface area (Å²) in [7, 11) is 0. The van der Waals surface area contributed by atoms with E-state index < -0.39 is 41.7 Å². The monoisotopic (exact) mass is 338 g/mol. The average Bonchev–Trinajstić information content (AvgIpc) is 2.85. The van der Waals surface area contributed by atoms with Crippen molar-refractivity contribution in [1.82, 2.24) is 15.2 Å². The van der Waals surface area contributed by atoms with Crippen molar-refractivity contribution in [3.63, 3.8) is 0 Å². The number of amides is 1. The summed E-state index contributed by atoms with van der Waals surface area (Å²) in [6.07, 6.45) is 1.09. The Hall–Kier alpha value is -2.33. The first-order valence-corrected chi connectivity index (χ1v) is 5.92. The Kier molecular flexibility index (Phi) is 4.52. The molecule has 0 saturated heterocycles. The molecule has 11 heteroatoms. The zero-order valence-corrected chi connectivity index (χ0v) is 11.3. The topological polar surface area (TPSA) is 82.2 Å². The Labute approximate surface area is 125 Å². The van der Waals surface area contributed by atoms with Crippen LogP contribution in [0.3, 0.4) is 0 Å². The molecule has 3 N–H and O–H groups in total. The van der Waals surface area contributed by atoms with Crippen molar-refractivity contribution in [2.45, 2.75) is 6.73 Å². The Morgan fingerprint density at radius 3 is 2.45 bits per heavy atom. The second kappa shape index (κ2) is 6.20. The van der Waals surface area contributed by atoms with Gasteiger partial charge < -0.3 is 4.74 Å². The van der Waals surface area contributed by atoms with E-state index in [0.717, 1.165) is 10.9 Å². The highest BCUT2D eigenvalue weighted by atomic mass is 35.5. The molecule has 0 fully saturated rings. The minimum atomic E-state index is -1.70. The summed E-state index contributed by atoms with van der Waals surface area (Å²) in [4.78, 5) is 11.3. The van der Waals surface area contributed by atoms with Crippen LogP contribution < -0.4 is 16.0 Å². The standard InChI is InChI=1S/C11H7ClF4N4O2/c12-4-2-20(19-9(4)11(21)18-17)3-22-10-7(15)5(13)1-6(14)8(10)16/h1-2H,3,17H2,(H,18,21). The minimum Gasteiger partial charge on any atom is -0.465 e. The molecule has 2 rings (SSSR count). The predicted molar refractivity (Wildman–Crippen MR) is 65.8 cm³/mol. The van der Waals surface area contributed by atoms with Gasteiger partial charge in [0.15, 0.2) is 29.8 Å². The molecule has 0 aliphatic heterocycles. The van der Waals surface area contributed by atoms with Gasteiger partial charge >= 0.3 is 0 Å². The molecule has 0 spiro atoms. The lowest BCUT2D eigenvalue weighted by atomic mass is 10.3. The molecule has 0 radical (unpaired) electrons. The third-order valence-corrected chi connectivity index (χ3v) is 2.75. The quantitative estimate of drug-likeness (QED) is 0.292. The van der Waals surface area contributed by atoms with Gasteiger partial charge in [-0.3, -0.25) is 10.2 Å². The molecule has 1 heterocycles. The van der Waals surface area contributed by atoms with Crippen molar-refractivity contribution in [1.29, 1.82) is 0 Å². The molecule has 0 atom stereocenters. The molecular weight excluding hydrogens is 332 g/mol. The lowest BCUT2D eigenvalue weighted by molar-refractivity contribution is 0.0946. The highest BCUT2D eigenvalue weighted by molar-refractivity contribution is 6.33. The van der Waals surface area contributed by atoms with Crippen LogP contribution in [0.4, 0.5) is 17.6 Å². The van der Waals surface area contributed by atoms with Gasteiger partial charge in [-0.05, 0) is 0 Å². The molecule has 6 nitrogen and oxygen atoms in total. The maximum Gasteiger partial charge on any atom is 0.287 e. The molecule has 0 bridgehead atoms. The van der Waals surface area contributed by atoms with Crippen LogP contribution in [0.15, 0.2) is 12.3 Å². The minimum absolute atomic E-state index is 0.0476. The van der Waals surface area contributed by atoms with Crippen molar-refractivity contribution in [3.8, 4) is 5.75 Å². The van der Waals surface area contributed by atoms with E-state index >= 15 is 0 Å². The normalized spacial score (nSPS) is 10.6. The lowest BCUT2D eigenvalue weighted by Crippen LogP contribution is -2.30. The number of aromatic nitrogens is 2. The Balaban J connectivity index is 2.23. The second-order valence-corrected chi connectivity index (χ2v) is 4.32. The van der Waals surface area contributed by atoms with Gasteiger partial charge in [-0.2, -0.15) is 13.9 Å². The van der Waals surface area contributed by atoms with Gasteiger partial charge in [0.05, 0.1) is 5.02 Å². The molecular formula is C11H7ClF4N4O2. The number of nitrogens with one attached hydrogen (secondary N) is 1. The molecule has 22 heavy (non-hydrogen) atoms. The first-order chi connectivity index (χ1) is 10.3. The summed E-state index contributed by atoms with van der Waals surface area (Å²) in [5, 5.41) is 3.52. The molecule has 2 aromatic rings. The van der Waals surface area contributed by atoms with Gasteiger partial charge in [0.25, 0.3) is 5.91 Å². The number of carbonyl (C=O) groups is 1. The van der Waals surface area contributed by atoms with E-state index in [-0.39, 0.29) is 16.8 Å². The Morgan fingerprint density at radius 2 is 1.91 bits per heavy atom. The number of ether oxygens (including phenoxy) is 1. The summed E-state index contributed by atoms with van der Waals surface area (Å²) >= 11 is 5.69. The average molecular weight is 339 g/mol. The third-order valence-electron chi connectivity index (χ3n) is 2.48. The van der Waals surface area contributed by atoms with E-state index in [1.165, 1.54) is 0 Å². The third kappa shape index (κ3) is 2.97. The Morgan fingerprint density at radius 1 is 1.32 bits per heavy atom. The number of halogens is 5. The van der Waals surface area contributed by atoms with Gasteiger partial charge in [0, 0.05) is 12.3 Å². The highest BCUT2D eigenvalue weighted by Gasteiger charge is 2.21. The van der Waals surface area contributed by atoms with E-state index in [1.807, 2.05) is 0 Å². The fourth-order valence-corrected chi connectivity index (χ4v) is 1.73. The number of hydrazine groups is 1. The molecule has 1 aromatic heterocycles. The summed E-state index contributed by atoms with van der Waals surface area (Å²) in [6.45, 7) is -0.658. The smallest absolute Gasteiger partial charge is 0.287 e. The van der Waals surface area contributed by atoms with Gasteiger partial charge in [-0.25, -0.2) is 19.3 Å². The highest BCUT2D eigenvalue weighted by Crippen LogP contribution is 2.26. The number of hydrogen-bond acceptors (Lipinski definition) is 4. The Bertz CT molecular complexity index is 711. The van der Waals surface area contributed by atoms with Gasteiger partial charge in [0.1, 0.15) is 0 Å². The number of nitrogen functional groups attached to an aromatic ring is 1. The van der Waals surface area contributed by atoms with Crippen LogP contribution in [-0.4, -0.2) is 15.7 Å². The number of benzene rings is 1. The van der Waals surface area contributed by atoms with E-state index in [1.54, 1.807) is 5.43 Å². The van der Waals surface area contributed by atoms with Gasteiger partial charge in [0.2, 0.25) is 11.6 Å². The fraction of sp³-hybridized carbons (Fsp3) is 0.0909. The zero-order valence-electron chi connectivity index (χ0n) is 10.5. The number of carbonyl (C=O) groups excluding carboxylic acids is 1. The van der Waals surface area contributed by atoms with Gasteiger partial charge in [-0.1, -0.05) is 11.6 Å². The van der Waals surface area contributed by atoms with Crippen LogP contribution in [-0.2, 0) is 6.73 Å². The first-order valence-electron chi connectivity index (χ1n) is 5.54. The maximum atomic E-state index is 13.4. The molecule has 0 aliphatic rings. The van der Waals surface area contributed by atoms with Crippen LogP contribution in [0.2, 0.25) is 5.02 Å². The number of nitrogens with two attached hydrogens (primary N) is 1. The van der Waals surface area contributed by atoms with Crippen molar-refractivity contribution < 1.29 is 27.1 Å². The van der Waals surface area contributed by atoms with E-state index in [4.69, 9.17) is 17.4 Å². The van der Waals surface area contributed by atoms with Gasteiger partial charge in [-0.15, -0.1) is 0 Å². The van der Waals surface area contributed by atoms with E-state index in [9.17, 15) is 22.4 Å².